The largest absolute Gasteiger partial charge is 0.499 e. The van der Waals surface area contributed by atoms with Crippen LogP contribution in [-0.4, -0.2) is 6.61 Å². The fourth-order valence-electron chi connectivity index (χ4n) is 1.16. The Kier molecular flexibility index (Phi) is 6.93. The van der Waals surface area contributed by atoms with Gasteiger partial charge in [0, 0.05) is 0 Å². The summed E-state index contributed by atoms with van der Waals surface area (Å²) in [5, 5.41) is 0. The molecule has 72 valence electrons. The molecule has 0 aliphatic carbocycles. The van der Waals surface area contributed by atoms with Crippen molar-refractivity contribution in [1.82, 2.24) is 0 Å². The number of unbranched alkanes of at least 4 members (excludes halogenated alkanes) is 1. The molecule has 0 aromatic heterocycles. The quantitative estimate of drug-likeness (QED) is 0.529. The summed E-state index contributed by atoms with van der Waals surface area (Å²) in [5.74, 6) is 1.56. The van der Waals surface area contributed by atoms with E-state index in [1.54, 1.807) is 0 Å². The van der Waals surface area contributed by atoms with Gasteiger partial charge in [-0.25, -0.2) is 0 Å². The van der Waals surface area contributed by atoms with Crippen LogP contribution in [0.2, 0.25) is 0 Å². The molecule has 0 aromatic carbocycles. The Labute approximate surface area is 76.8 Å². The SMILES string of the molecule is C=C(C)OCC(CC)CCCC. The van der Waals surface area contributed by atoms with Crippen molar-refractivity contribution < 1.29 is 4.74 Å². The monoisotopic (exact) mass is 170 g/mol. The summed E-state index contributed by atoms with van der Waals surface area (Å²) < 4.78 is 5.40. The van der Waals surface area contributed by atoms with Crippen molar-refractivity contribution in [1.29, 1.82) is 0 Å². The minimum Gasteiger partial charge on any atom is -0.499 e. The summed E-state index contributed by atoms with van der Waals surface area (Å²) in [7, 11) is 0. The second-order valence-corrected chi connectivity index (χ2v) is 3.43. The molecule has 1 unspecified atom stereocenters. The van der Waals surface area contributed by atoms with E-state index in [0.29, 0.717) is 0 Å². The van der Waals surface area contributed by atoms with Gasteiger partial charge >= 0.3 is 0 Å². The molecule has 0 rings (SSSR count). The van der Waals surface area contributed by atoms with Gasteiger partial charge in [-0.15, -0.1) is 0 Å². The van der Waals surface area contributed by atoms with Crippen LogP contribution < -0.4 is 0 Å². The molecule has 0 spiro atoms. The van der Waals surface area contributed by atoms with E-state index in [4.69, 9.17) is 4.74 Å². The van der Waals surface area contributed by atoms with Crippen molar-refractivity contribution in [3.05, 3.63) is 12.3 Å². The van der Waals surface area contributed by atoms with Gasteiger partial charge in [-0.2, -0.15) is 0 Å². The first-order valence-corrected chi connectivity index (χ1v) is 4.99. The van der Waals surface area contributed by atoms with Crippen molar-refractivity contribution in [2.45, 2.75) is 46.5 Å². The minimum absolute atomic E-state index is 0.724. The third-order valence-electron chi connectivity index (χ3n) is 2.11. The smallest absolute Gasteiger partial charge is 0.0904 e. The van der Waals surface area contributed by atoms with Gasteiger partial charge in [-0.05, 0) is 19.3 Å². The summed E-state index contributed by atoms with van der Waals surface area (Å²) in [6.45, 7) is 10.9. The van der Waals surface area contributed by atoms with Crippen molar-refractivity contribution in [3.63, 3.8) is 0 Å². The van der Waals surface area contributed by atoms with E-state index in [1.807, 2.05) is 6.92 Å². The van der Waals surface area contributed by atoms with Gasteiger partial charge in [-0.1, -0.05) is 39.7 Å². The molecule has 0 amide bonds. The van der Waals surface area contributed by atoms with E-state index in [9.17, 15) is 0 Å². The van der Waals surface area contributed by atoms with Crippen LogP contribution in [0.15, 0.2) is 12.3 Å². The number of hydrogen-bond donors (Lipinski definition) is 0. The maximum absolute atomic E-state index is 5.40. The van der Waals surface area contributed by atoms with Crippen LogP contribution in [0.1, 0.15) is 46.5 Å². The number of hydrogen-bond acceptors (Lipinski definition) is 1. The molecular formula is C11H22O. The van der Waals surface area contributed by atoms with Crippen LogP contribution in [0.5, 0.6) is 0 Å². The van der Waals surface area contributed by atoms with Crippen molar-refractivity contribution in [3.8, 4) is 0 Å². The molecule has 0 bridgehead atoms. The second-order valence-electron chi connectivity index (χ2n) is 3.43. The molecule has 0 aliphatic rings. The van der Waals surface area contributed by atoms with Crippen molar-refractivity contribution in [2.75, 3.05) is 6.61 Å². The van der Waals surface area contributed by atoms with E-state index in [-0.39, 0.29) is 0 Å². The molecular weight excluding hydrogens is 148 g/mol. The zero-order valence-electron chi connectivity index (χ0n) is 8.73. The van der Waals surface area contributed by atoms with E-state index in [1.165, 1.54) is 25.7 Å². The molecule has 0 N–H and O–H groups in total. The van der Waals surface area contributed by atoms with Gasteiger partial charge < -0.3 is 4.74 Å². The highest BCUT2D eigenvalue weighted by Crippen LogP contribution is 2.13. The highest BCUT2D eigenvalue weighted by Gasteiger charge is 2.05. The molecule has 0 radical (unpaired) electrons. The Hall–Kier alpha value is -0.460. The lowest BCUT2D eigenvalue weighted by Crippen LogP contribution is -2.07. The van der Waals surface area contributed by atoms with E-state index in [2.05, 4.69) is 20.4 Å². The highest BCUT2D eigenvalue weighted by atomic mass is 16.5. The van der Waals surface area contributed by atoms with Crippen molar-refractivity contribution in [2.24, 2.45) is 5.92 Å². The minimum atomic E-state index is 0.724. The number of allylic oxidation sites excluding steroid dienone is 1. The Morgan fingerprint density at radius 2 is 2.08 bits per heavy atom. The Morgan fingerprint density at radius 3 is 2.50 bits per heavy atom. The molecule has 0 heterocycles. The maximum Gasteiger partial charge on any atom is 0.0904 e. The van der Waals surface area contributed by atoms with Gasteiger partial charge in [0.2, 0.25) is 0 Å². The standard InChI is InChI=1S/C11H22O/c1-5-7-8-11(6-2)9-12-10(3)4/h11H,3,5-9H2,1-2,4H3. The van der Waals surface area contributed by atoms with Gasteiger partial charge in [0.15, 0.2) is 0 Å². The predicted molar refractivity (Wildman–Crippen MR) is 54.1 cm³/mol. The third kappa shape index (κ3) is 6.26. The highest BCUT2D eigenvalue weighted by molar-refractivity contribution is 4.74. The molecule has 1 heteroatoms. The Morgan fingerprint density at radius 1 is 1.42 bits per heavy atom. The molecule has 0 aliphatic heterocycles. The van der Waals surface area contributed by atoms with Crippen LogP contribution in [-0.2, 0) is 4.74 Å². The van der Waals surface area contributed by atoms with Crippen LogP contribution >= 0.6 is 0 Å². The Balaban J connectivity index is 3.45. The lowest BCUT2D eigenvalue weighted by atomic mass is 10.0. The predicted octanol–water partition coefficient (Wildman–Crippen LogP) is 3.75. The summed E-state index contributed by atoms with van der Waals surface area (Å²) in [4.78, 5) is 0. The number of rotatable bonds is 7. The van der Waals surface area contributed by atoms with Gasteiger partial charge in [0.1, 0.15) is 0 Å². The average Bonchev–Trinajstić information content (AvgIpc) is 2.05. The summed E-state index contributed by atoms with van der Waals surface area (Å²) in [6, 6.07) is 0. The van der Waals surface area contributed by atoms with Gasteiger partial charge in [0.25, 0.3) is 0 Å². The van der Waals surface area contributed by atoms with Crippen LogP contribution in [0, 0.1) is 5.92 Å². The van der Waals surface area contributed by atoms with E-state index >= 15 is 0 Å². The average molecular weight is 170 g/mol. The van der Waals surface area contributed by atoms with Crippen LogP contribution in [0.4, 0.5) is 0 Å². The molecule has 1 nitrogen and oxygen atoms in total. The summed E-state index contributed by atoms with van der Waals surface area (Å²) >= 11 is 0. The topological polar surface area (TPSA) is 9.23 Å². The number of ether oxygens (including phenoxy) is 1. The third-order valence-corrected chi connectivity index (χ3v) is 2.11. The normalized spacial score (nSPS) is 12.6. The Bertz CT molecular complexity index is 118. The first-order chi connectivity index (χ1) is 5.70. The zero-order valence-corrected chi connectivity index (χ0v) is 8.73. The molecule has 0 aromatic rings. The molecule has 1 atom stereocenters. The first-order valence-electron chi connectivity index (χ1n) is 4.99. The summed E-state index contributed by atoms with van der Waals surface area (Å²) in [6.07, 6.45) is 5.11. The lowest BCUT2D eigenvalue weighted by Gasteiger charge is -2.14. The van der Waals surface area contributed by atoms with Crippen LogP contribution in [0.25, 0.3) is 0 Å². The van der Waals surface area contributed by atoms with Gasteiger partial charge in [0.05, 0.1) is 12.4 Å². The van der Waals surface area contributed by atoms with Crippen LogP contribution in [0.3, 0.4) is 0 Å². The van der Waals surface area contributed by atoms with E-state index in [0.717, 1.165) is 18.3 Å². The van der Waals surface area contributed by atoms with Gasteiger partial charge in [-0.3, -0.25) is 0 Å². The molecule has 0 saturated carbocycles. The first kappa shape index (κ1) is 11.5. The molecule has 12 heavy (non-hydrogen) atoms. The summed E-state index contributed by atoms with van der Waals surface area (Å²) in [5.41, 5.74) is 0. The maximum atomic E-state index is 5.40. The molecule has 0 saturated heterocycles. The van der Waals surface area contributed by atoms with Crippen molar-refractivity contribution >= 4 is 0 Å². The lowest BCUT2D eigenvalue weighted by molar-refractivity contribution is 0.158. The second kappa shape index (κ2) is 7.20. The molecule has 0 fully saturated rings. The fraction of sp³-hybridized carbons (Fsp3) is 0.818. The fourth-order valence-corrected chi connectivity index (χ4v) is 1.16. The zero-order chi connectivity index (χ0) is 9.40. The van der Waals surface area contributed by atoms with E-state index < -0.39 is 0 Å².